The highest BCUT2D eigenvalue weighted by Crippen LogP contribution is 2.30. The van der Waals surface area contributed by atoms with Gasteiger partial charge in [0.05, 0.1) is 12.2 Å². The minimum Gasteiger partial charge on any atom is -0.492 e. The fourth-order valence-electron chi connectivity index (χ4n) is 4.39. The Bertz CT molecular complexity index is 930. The Morgan fingerprint density at radius 1 is 1.03 bits per heavy atom. The summed E-state index contributed by atoms with van der Waals surface area (Å²) in [7, 11) is 0. The lowest BCUT2D eigenvalue weighted by Crippen LogP contribution is -2.51. The van der Waals surface area contributed by atoms with Gasteiger partial charge in [-0.1, -0.05) is 0 Å². The summed E-state index contributed by atoms with van der Waals surface area (Å²) in [5, 5.41) is 9.14. The van der Waals surface area contributed by atoms with E-state index in [0.29, 0.717) is 48.9 Å². The van der Waals surface area contributed by atoms with Crippen molar-refractivity contribution in [3.63, 3.8) is 0 Å². The largest absolute Gasteiger partial charge is 0.492 e. The maximum Gasteiger partial charge on any atom is 0.419 e. The lowest BCUT2D eigenvalue weighted by molar-refractivity contribution is -0.138. The van der Waals surface area contributed by atoms with Crippen LogP contribution >= 0.6 is 0 Å². The Balaban J connectivity index is 1.21. The van der Waals surface area contributed by atoms with Crippen LogP contribution in [0.4, 0.5) is 19.1 Å². The third kappa shape index (κ3) is 5.27. The maximum atomic E-state index is 12.7. The van der Waals surface area contributed by atoms with Gasteiger partial charge in [-0.2, -0.15) is 18.4 Å². The summed E-state index contributed by atoms with van der Waals surface area (Å²) < 4.78 is 43.9. The zero-order valence-corrected chi connectivity index (χ0v) is 17.6. The molecule has 4 rings (SSSR count). The number of rotatable bonds is 5. The first-order valence-electron chi connectivity index (χ1n) is 10.8. The zero-order valence-electron chi connectivity index (χ0n) is 17.6. The second kappa shape index (κ2) is 9.69. The quantitative estimate of drug-likeness (QED) is 0.695. The van der Waals surface area contributed by atoms with Gasteiger partial charge in [0, 0.05) is 57.0 Å². The van der Waals surface area contributed by atoms with Gasteiger partial charge in [0.2, 0.25) is 5.95 Å². The van der Waals surface area contributed by atoms with E-state index < -0.39 is 11.7 Å². The highest BCUT2D eigenvalue weighted by Gasteiger charge is 2.32. The number of halogens is 3. The Kier molecular flexibility index (Phi) is 6.74. The molecule has 170 valence electrons. The van der Waals surface area contributed by atoms with Crippen LogP contribution < -0.4 is 9.64 Å². The number of piperazine rings is 1. The number of aromatic nitrogens is 3. The molecule has 10 heteroatoms. The summed E-state index contributed by atoms with van der Waals surface area (Å²) in [5.74, 6) is 1.41. The van der Waals surface area contributed by atoms with Crippen molar-refractivity contribution in [2.45, 2.75) is 37.9 Å². The first kappa shape index (κ1) is 22.3. The molecule has 0 unspecified atom stereocenters. The van der Waals surface area contributed by atoms with Crippen molar-refractivity contribution in [1.82, 2.24) is 19.9 Å². The number of hydrogen-bond acceptors (Lipinski definition) is 7. The van der Waals surface area contributed by atoms with E-state index in [1.165, 1.54) is 6.20 Å². The first-order valence-corrected chi connectivity index (χ1v) is 10.8. The van der Waals surface area contributed by atoms with Crippen LogP contribution in [-0.4, -0.2) is 58.7 Å². The van der Waals surface area contributed by atoms with Crippen LogP contribution in [0.15, 0.2) is 30.9 Å². The molecule has 3 heterocycles. The third-order valence-corrected chi connectivity index (χ3v) is 6.27. The molecule has 0 atom stereocenters. The second-order valence-electron chi connectivity index (χ2n) is 8.26. The van der Waals surface area contributed by atoms with Crippen LogP contribution in [0.2, 0.25) is 0 Å². The predicted molar refractivity (Wildman–Crippen MR) is 111 cm³/mol. The fraction of sp³-hybridized carbons (Fsp3) is 0.545. The van der Waals surface area contributed by atoms with Crippen molar-refractivity contribution in [3.05, 3.63) is 42.0 Å². The molecule has 1 aliphatic carbocycles. The SMILES string of the molecule is N#Cc1cnccc1OCC1CCC(N2CCN(c3ncc(C(F)(F)F)cn3)CC2)CC1. The Labute approximate surface area is 184 Å². The Hall–Kier alpha value is -2.93. The first-order chi connectivity index (χ1) is 15.4. The molecule has 1 aliphatic heterocycles. The molecule has 2 fully saturated rings. The van der Waals surface area contributed by atoms with Crippen LogP contribution in [0.1, 0.15) is 36.8 Å². The third-order valence-electron chi connectivity index (χ3n) is 6.27. The molecule has 2 aromatic heterocycles. The summed E-state index contributed by atoms with van der Waals surface area (Å²) in [6.45, 7) is 3.70. The van der Waals surface area contributed by atoms with Gasteiger partial charge in [-0.3, -0.25) is 9.88 Å². The average Bonchev–Trinajstić information content (AvgIpc) is 2.83. The minimum atomic E-state index is -4.42. The maximum absolute atomic E-state index is 12.7. The van der Waals surface area contributed by atoms with E-state index >= 15 is 0 Å². The summed E-state index contributed by atoms with van der Waals surface area (Å²) in [6.07, 6.45) is 4.74. The number of alkyl halides is 3. The van der Waals surface area contributed by atoms with Gasteiger partial charge >= 0.3 is 6.18 Å². The fourth-order valence-corrected chi connectivity index (χ4v) is 4.39. The Morgan fingerprint density at radius 2 is 1.72 bits per heavy atom. The molecule has 7 nitrogen and oxygen atoms in total. The van der Waals surface area contributed by atoms with Gasteiger partial charge in [0.1, 0.15) is 17.4 Å². The molecule has 32 heavy (non-hydrogen) atoms. The molecule has 2 aromatic rings. The number of hydrogen-bond donors (Lipinski definition) is 0. The van der Waals surface area contributed by atoms with Crippen LogP contribution in [0.5, 0.6) is 5.75 Å². The number of ether oxygens (including phenoxy) is 1. The monoisotopic (exact) mass is 446 g/mol. The van der Waals surface area contributed by atoms with Crippen molar-refractivity contribution in [3.8, 4) is 11.8 Å². The van der Waals surface area contributed by atoms with E-state index in [-0.39, 0.29) is 0 Å². The highest BCUT2D eigenvalue weighted by molar-refractivity contribution is 5.40. The molecule has 0 spiro atoms. The summed E-state index contributed by atoms with van der Waals surface area (Å²) in [5.41, 5.74) is -0.371. The normalized spacial score (nSPS) is 22.4. The van der Waals surface area contributed by atoms with Gasteiger partial charge in [-0.05, 0) is 37.7 Å². The lowest BCUT2D eigenvalue weighted by atomic mass is 9.85. The van der Waals surface area contributed by atoms with E-state index in [0.717, 1.165) is 51.2 Å². The van der Waals surface area contributed by atoms with Gasteiger partial charge < -0.3 is 9.64 Å². The summed E-state index contributed by atoms with van der Waals surface area (Å²) >= 11 is 0. The van der Waals surface area contributed by atoms with E-state index in [9.17, 15) is 13.2 Å². The van der Waals surface area contributed by atoms with Gasteiger partial charge in [-0.15, -0.1) is 0 Å². The van der Waals surface area contributed by atoms with Crippen molar-refractivity contribution < 1.29 is 17.9 Å². The van der Waals surface area contributed by atoms with Crippen LogP contribution in [0.25, 0.3) is 0 Å². The zero-order chi connectivity index (χ0) is 22.6. The minimum absolute atomic E-state index is 0.353. The molecule has 1 saturated heterocycles. The number of nitriles is 1. The topological polar surface area (TPSA) is 78.2 Å². The molecule has 1 saturated carbocycles. The molecule has 0 amide bonds. The molecular weight excluding hydrogens is 421 g/mol. The number of pyridine rings is 1. The summed E-state index contributed by atoms with van der Waals surface area (Å²) in [6, 6.07) is 4.34. The molecular formula is C22H25F3N6O. The molecule has 0 N–H and O–H groups in total. The molecule has 0 radical (unpaired) electrons. The van der Waals surface area contributed by atoms with Crippen LogP contribution in [0.3, 0.4) is 0 Å². The Morgan fingerprint density at radius 3 is 2.34 bits per heavy atom. The second-order valence-corrected chi connectivity index (χ2v) is 8.26. The summed E-state index contributed by atoms with van der Waals surface area (Å²) in [4.78, 5) is 16.2. The van der Waals surface area contributed by atoms with Gasteiger partial charge in [0.15, 0.2) is 0 Å². The van der Waals surface area contributed by atoms with Crippen molar-refractivity contribution in [1.29, 1.82) is 5.26 Å². The van der Waals surface area contributed by atoms with Crippen LogP contribution in [-0.2, 0) is 6.18 Å². The van der Waals surface area contributed by atoms with E-state index in [2.05, 4.69) is 25.9 Å². The predicted octanol–water partition coefficient (Wildman–Crippen LogP) is 3.52. The molecule has 2 aliphatic rings. The lowest BCUT2D eigenvalue weighted by Gasteiger charge is -2.42. The molecule has 0 bridgehead atoms. The van der Waals surface area contributed by atoms with E-state index in [4.69, 9.17) is 10.00 Å². The number of nitrogens with zero attached hydrogens (tertiary/aromatic N) is 6. The average molecular weight is 446 g/mol. The van der Waals surface area contributed by atoms with Crippen molar-refractivity contribution in [2.24, 2.45) is 5.92 Å². The van der Waals surface area contributed by atoms with Crippen molar-refractivity contribution in [2.75, 3.05) is 37.7 Å². The van der Waals surface area contributed by atoms with Crippen LogP contribution in [0, 0.1) is 17.2 Å². The van der Waals surface area contributed by atoms with Crippen molar-refractivity contribution >= 4 is 5.95 Å². The van der Waals surface area contributed by atoms with Gasteiger partial charge in [-0.25, -0.2) is 9.97 Å². The van der Waals surface area contributed by atoms with E-state index in [1.54, 1.807) is 12.3 Å². The number of anilines is 1. The standard InChI is InChI=1S/C22H25F3N6O/c23-22(24,25)18-13-28-21(29-14-18)31-9-7-30(8-10-31)19-3-1-16(2-4-19)15-32-20-5-6-27-12-17(20)11-26/h5-6,12-14,16,19H,1-4,7-10,15H2. The molecule has 0 aromatic carbocycles. The van der Waals surface area contributed by atoms with E-state index in [1.807, 2.05) is 4.90 Å². The smallest absolute Gasteiger partial charge is 0.419 e. The van der Waals surface area contributed by atoms with Gasteiger partial charge in [0.25, 0.3) is 0 Å². The highest BCUT2D eigenvalue weighted by atomic mass is 19.4.